The Kier molecular flexibility index (Phi) is 33.2. The fourth-order valence-electron chi connectivity index (χ4n) is 4.37. The minimum atomic E-state index is -4.79. The SMILES string of the molecule is CC/C=C\C(O)C/C=C/C=C\C/C=C\C/C=C\CCCC(=O)OC[C@H](COP(=O)(O)O)OC(=O)CCCC/C=C\C/C=C\C/C=C\CCCCC. The molecule has 0 aromatic carbocycles. The first-order valence-electron chi connectivity index (χ1n) is 18.6. The highest BCUT2D eigenvalue weighted by Crippen LogP contribution is 2.35. The summed E-state index contributed by atoms with van der Waals surface area (Å²) in [5.74, 6) is -1.03. The Hall–Kier alpha value is -3.07. The van der Waals surface area contributed by atoms with Gasteiger partial charge in [-0.05, 0) is 83.5 Å². The smallest absolute Gasteiger partial charge is 0.462 e. The number of hydrogen-bond acceptors (Lipinski definition) is 7. The molecule has 2 atom stereocenters. The van der Waals surface area contributed by atoms with Gasteiger partial charge in [0.15, 0.2) is 6.10 Å². The second kappa shape index (κ2) is 35.3. The van der Waals surface area contributed by atoms with E-state index >= 15 is 0 Å². The number of rotatable bonds is 32. The van der Waals surface area contributed by atoms with Gasteiger partial charge >= 0.3 is 19.8 Å². The highest BCUT2D eigenvalue weighted by molar-refractivity contribution is 7.46. The van der Waals surface area contributed by atoms with Crippen LogP contribution in [0.25, 0.3) is 0 Å². The molecular weight excluding hydrogens is 667 g/mol. The van der Waals surface area contributed by atoms with Gasteiger partial charge in [0, 0.05) is 12.8 Å². The maximum Gasteiger partial charge on any atom is 0.469 e. The number of phosphoric acid groups is 1. The zero-order valence-corrected chi connectivity index (χ0v) is 32.0. The normalized spacial score (nSPS) is 14.2. The van der Waals surface area contributed by atoms with Crippen LogP contribution in [0.15, 0.2) is 97.2 Å². The van der Waals surface area contributed by atoms with Crippen molar-refractivity contribution in [3.05, 3.63) is 97.2 Å². The summed E-state index contributed by atoms with van der Waals surface area (Å²) in [5, 5.41) is 9.73. The van der Waals surface area contributed by atoms with Gasteiger partial charge in [0.2, 0.25) is 0 Å². The van der Waals surface area contributed by atoms with Crippen molar-refractivity contribution in [2.75, 3.05) is 13.2 Å². The van der Waals surface area contributed by atoms with Crippen molar-refractivity contribution < 1.29 is 43.0 Å². The number of aliphatic hydroxyl groups is 1. The number of carbonyl (C=O) groups excluding carboxylic acids is 2. The summed E-state index contributed by atoms with van der Waals surface area (Å²) in [6.45, 7) is 3.30. The van der Waals surface area contributed by atoms with Crippen LogP contribution >= 0.6 is 7.82 Å². The van der Waals surface area contributed by atoms with E-state index in [1.807, 2.05) is 55.5 Å². The fraction of sp³-hybridized carbons (Fsp3) is 0.561. The summed E-state index contributed by atoms with van der Waals surface area (Å²) in [7, 11) is -4.79. The Morgan fingerprint density at radius 2 is 1.16 bits per heavy atom. The van der Waals surface area contributed by atoms with Crippen LogP contribution in [-0.4, -0.2) is 52.3 Å². The van der Waals surface area contributed by atoms with Crippen LogP contribution in [0.3, 0.4) is 0 Å². The van der Waals surface area contributed by atoms with Crippen molar-refractivity contribution in [2.24, 2.45) is 0 Å². The van der Waals surface area contributed by atoms with Crippen LogP contribution in [0.5, 0.6) is 0 Å². The summed E-state index contributed by atoms with van der Waals surface area (Å²) in [4.78, 5) is 42.7. The molecule has 0 aromatic rings. The third-order valence-electron chi connectivity index (χ3n) is 7.16. The van der Waals surface area contributed by atoms with E-state index in [-0.39, 0.29) is 19.4 Å². The molecule has 0 bridgehead atoms. The van der Waals surface area contributed by atoms with Crippen molar-refractivity contribution in [1.29, 1.82) is 0 Å². The Bertz CT molecular complexity index is 1160. The quantitative estimate of drug-likeness (QED) is 0.0203. The summed E-state index contributed by atoms with van der Waals surface area (Å²) in [5.41, 5.74) is 0. The number of carbonyl (C=O) groups is 2. The van der Waals surface area contributed by atoms with Crippen molar-refractivity contribution in [2.45, 2.75) is 135 Å². The van der Waals surface area contributed by atoms with E-state index in [0.29, 0.717) is 25.7 Å². The van der Waals surface area contributed by atoms with E-state index in [0.717, 1.165) is 51.4 Å². The van der Waals surface area contributed by atoms with Crippen molar-refractivity contribution >= 4 is 19.8 Å². The number of hydrogen-bond donors (Lipinski definition) is 3. The standard InChI is InChI=1S/C41H65O9P/c1-3-5-7-8-9-10-11-12-13-14-19-22-25-28-31-35-41(44)50-39(37-49-51(45,46)47)36-48-40(43)34-30-27-24-21-18-16-15-17-20-23-26-29-33-38(42)32-6-4-2/h6,9-10,12-13,15-16,19-24,26,29,32,38-39,42H,3-5,7-8,11,14,17-18,25,27-28,30-31,33-37H2,1-2H3,(H2,45,46,47)/b10-9-,13-12-,16-15-,22-19-,23-20-,24-21-,29-26+,32-6-/t38?,39-/m1/s1. The second-order valence-corrected chi connectivity index (χ2v) is 13.2. The zero-order chi connectivity index (χ0) is 37.7. The van der Waals surface area contributed by atoms with Gasteiger partial charge in [-0.25, -0.2) is 4.57 Å². The van der Waals surface area contributed by atoms with Gasteiger partial charge in [0.25, 0.3) is 0 Å². The van der Waals surface area contributed by atoms with Crippen LogP contribution in [0, 0.1) is 0 Å². The molecule has 0 fully saturated rings. The van der Waals surface area contributed by atoms with Gasteiger partial charge in [0.1, 0.15) is 6.61 Å². The minimum Gasteiger partial charge on any atom is -0.462 e. The molecule has 0 saturated heterocycles. The van der Waals surface area contributed by atoms with Crippen LogP contribution in [0.4, 0.5) is 0 Å². The molecule has 0 rings (SSSR count). The summed E-state index contributed by atoms with van der Waals surface area (Å²) < 4.78 is 26.2. The topological polar surface area (TPSA) is 140 Å². The summed E-state index contributed by atoms with van der Waals surface area (Å²) in [6.07, 6.45) is 44.8. The van der Waals surface area contributed by atoms with Gasteiger partial charge in [0.05, 0.1) is 12.7 Å². The predicted octanol–water partition coefficient (Wildman–Crippen LogP) is 10.0. The van der Waals surface area contributed by atoms with Gasteiger partial charge in [-0.3, -0.25) is 14.1 Å². The Morgan fingerprint density at radius 3 is 1.75 bits per heavy atom. The van der Waals surface area contributed by atoms with E-state index in [9.17, 15) is 19.3 Å². The molecular formula is C41H65O9P. The molecule has 0 aliphatic heterocycles. The number of allylic oxidation sites excluding steroid dienone is 14. The lowest BCUT2D eigenvalue weighted by molar-refractivity contribution is -0.161. The summed E-state index contributed by atoms with van der Waals surface area (Å²) >= 11 is 0. The van der Waals surface area contributed by atoms with Gasteiger partial charge in [-0.15, -0.1) is 0 Å². The number of aliphatic hydroxyl groups excluding tert-OH is 1. The molecule has 0 aliphatic carbocycles. The lowest BCUT2D eigenvalue weighted by Gasteiger charge is -2.18. The largest absolute Gasteiger partial charge is 0.469 e. The molecule has 0 aromatic heterocycles. The fourth-order valence-corrected chi connectivity index (χ4v) is 4.73. The lowest BCUT2D eigenvalue weighted by atomic mass is 10.1. The predicted molar refractivity (Wildman–Crippen MR) is 208 cm³/mol. The maximum atomic E-state index is 12.3. The monoisotopic (exact) mass is 732 g/mol. The van der Waals surface area contributed by atoms with E-state index < -0.39 is 38.6 Å². The molecule has 9 nitrogen and oxygen atoms in total. The lowest BCUT2D eigenvalue weighted by Crippen LogP contribution is -2.29. The molecule has 3 N–H and O–H groups in total. The molecule has 1 unspecified atom stereocenters. The molecule has 0 saturated carbocycles. The van der Waals surface area contributed by atoms with Gasteiger partial charge in [-0.1, -0.05) is 124 Å². The third-order valence-corrected chi connectivity index (χ3v) is 7.65. The molecule has 0 spiro atoms. The van der Waals surface area contributed by atoms with E-state index in [1.54, 1.807) is 0 Å². The van der Waals surface area contributed by atoms with Crippen LogP contribution in [0.1, 0.15) is 123 Å². The van der Waals surface area contributed by atoms with Crippen LogP contribution in [-0.2, 0) is 28.2 Å². The van der Waals surface area contributed by atoms with Gasteiger partial charge < -0.3 is 24.4 Å². The molecule has 10 heteroatoms. The average Bonchev–Trinajstić information content (AvgIpc) is 3.09. The second-order valence-electron chi connectivity index (χ2n) is 12.0. The highest BCUT2D eigenvalue weighted by Gasteiger charge is 2.22. The van der Waals surface area contributed by atoms with Crippen molar-refractivity contribution in [1.82, 2.24) is 0 Å². The third kappa shape index (κ3) is 38.0. The molecule has 51 heavy (non-hydrogen) atoms. The van der Waals surface area contributed by atoms with Crippen molar-refractivity contribution in [3.63, 3.8) is 0 Å². The molecule has 0 heterocycles. The number of unbranched alkanes of at least 4 members (excludes halogenated alkanes) is 6. The highest BCUT2D eigenvalue weighted by atomic mass is 31.2. The van der Waals surface area contributed by atoms with E-state index in [2.05, 4.69) is 60.1 Å². The maximum absolute atomic E-state index is 12.3. The van der Waals surface area contributed by atoms with Gasteiger partial charge in [-0.2, -0.15) is 0 Å². The molecule has 0 aliphatic rings. The van der Waals surface area contributed by atoms with Crippen molar-refractivity contribution in [3.8, 4) is 0 Å². The minimum absolute atomic E-state index is 0.136. The van der Waals surface area contributed by atoms with E-state index in [1.165, 1.54) is 19.3 Å². The number of phosphoric ester groups is 1. The Balaban J connectivity index is 4.21. The summed E-state index contributed by atoms with van der Waals surface area (Å²) in [6, 6.07) is 0. The number of ether oxygens (including phenoxy) is 2. The Morgan fingerprint density at radius 1 is 0.627 bits per heavy atom. The Labute approximate surface area is 307 Å². The molecule has 288 valence electrons. The molecule has 0 radical (unpaired) electrons. The first kappa shape index (κ1) is 47.9. The zero-order valence-electron chi connectivity index (χ0n) is 31.1. The first-order valence-corrected chi connectivity index (χ1v) is 20.2. The van der Waals surface area contributed by atoms with Crippen LogP contribution < -0.4 is 0 Å². The average molecular weight is 733 g/mol. The van der Waals surface area contributed by atoms with Crippen LogP contribution in [0.2, 0.25) is 0 Å². The number of esters is 2. The molecule has 0 amide bonds. The first-order chi connectivity index (χ1) is 24.7. The van der Waals surface area contributed by atoms with E-state index in [4.69, 9.17) is 19.3 Å².